The molecule has 1 unspecified atom stereocenters. The van der Waals surface area contributed by atoms with Crippen molar-refractivity contribution in [3.8, 4) is 0 Å². The minimum Gasteiger partial charge on any atom is -0.324 e. The van der Waals surface area contributed by atoms with Crippen LogP contribution in [0.25, 0.3) is 0 Å². The maximum absolute atomic E-state index is 11.5. The highest BCUT2D eigenvalue weighted by Crippen LogP contribution is 2.25. The number of nitrogens with one attached hydrogen (secondary N) is 2. The van der Waals surface area contributed by atoms with Gasteiger partial charge in [-0.25, -0.2) is 0 Å². The van der Waals surface area contributed by atoms with Crippen molar-refractivity contribution in [2.24, 2.45) is 0 Å². The smallest absolute Gasteiger partial charge is 0.241 e. The van der Waals surface area contributed by atoms with Crippen LogP contribution in [0.5, 0.6) is 0 Å². The first-order valence-electron chi connectivity index (χ1n) is 4.47. The molecule has 0 aliphatic carbocycles. The SMILES string of the molecule is CNC1Cc2ccc(Cl)cc2NC1=O. The number of amides is 1. The molecule has 1 aliphatic rings. The average molecular weight is 211 g/mol. The van der Waals surface area contributed by atoms with Gasteiger partial charge < -0.3 is 10.6 Å². The van der Waals surface area contributed by atoms with Crippen LogP contribution < -0.4 is 10.6 Å². The van der Waals surface area contributed by atoms with Gasteiger partial charge in [0, 0.05) is 10.7 Å². The molecule has 0 saturated carbocycles. The Bertz CT molecular complexity index is 378. The van der Waals surface area contributed by atoms with Gasteiger partial charge in [-0.05, 0) is 31.2 Å². The van der Waals surface area contributed by atoms with Gasteiger partial charge in [-0.15, -0.1) is 0 Å². The Morgan fingerprint density at radius 3 is 3.07 bits per heavy atom. The molecular weight excluding hydrogens is 200 g/mol. The Morgan fingerprint density at radius 1 is 1.57 bits per heavy atom. The molecule has 2 N–H and O–H groups in total. The fraction of sp³-hybridized carbons (Fsp3) is 0.300. The van der Waals surface area contributed by atoms with Crippen LogP contribution in [0.4, 0.5) is 5.69 Å². The zero-order valence-corrected chi connectivity index (χ0v) is 8.56. The van der Waals surface area contributed by atoms with Gasteiger partial charge in [-0.3, -0.25) is 4.79 Å². The number of benzene rings is 1. The largest absolute Gasteiger partial charge is 0.324 e. The van der Waals surface area contributed by atoms with Gasteiger partial charge in [0.15, 0.2) is 0 Å². The van der Waals surface area contributed by atoms with Crippen LogP contribution in [-0.4, -0.2) is 19.0 Å². The highest BCUT2D eigenvalue weighted by atomic mass is 35.5. The van der Waals surface area contributed by atoms with Crippen molar-refractivity contribution < 1.29 is 4.79 Å². The summed E-state index contributed by atoms with van der Waals surface area (Å²) in [5.74, 6) is 0.00210. The summed E-state index contributed by atoms with van der Waals surface area (Å²) in [6, 6.07) is 5.43. The first-order valence-corrected chi connectivity index (χ1v) is 4.85. The van der Waals surface area contributed by atoms with Gasteiger partial charge in [0.1, 0.15) is 0 Å². The summed E-state index contributed by atoms with van der Waals surface area (Å²) < 4.78 is 0. The molecule has 0 radical (unpaired) electrons. The highest BCUT2D eigenvalue weighted by Gasteiger charge is 2.24. The molecule has 1 aliphatic heterocycles. The van der Waals surface area contributed by atoms with Crippen molar-refractivity contribution >= 4 is 23.2 Å². The number of fused-ring (bicyclic) bond motifs is 1. The van der Waals surface area contributed by atoms with E-state index in [1.807, 2.05) is 12.1 Å². The third-order valence-electron chi connectivity index (χ3n) is 2.42. The molecule has 0 aromatic heterocycles. The molecular formula is C10H11ClN2O. The van der Waals surface area contributed by atoms with Crippen molar-refractivity contribution in [3.05, 3.63) is 28.8 Å². The van der Waals surface area contributed by atoms with Crippen molar-refractivity contribution in [1.29, 1.82) is 0 Å². The number of rotatable bonds is 1. The monoisotopic (exact) mass is 210 g/mol. The van der Waals surface area contributed by atoms with Crippen LogP contribution in [0, 0.1) is 0 Å². The second-order valence-electron chi connectivity index (χ2n) is 3.34. The summed E-state index contributed by atoms with van der Waals surface area (Å²) in [4.78, 5) is 11.5. The predicted molar refractivity (Wildman–Crippen MR) is 56.6 cm³/mol. The summed E-state index contributed by atoms with van der Waals surface area (Å²) in [6.45, 7) is 0. The van der Waals surface area contributed by atoms with Crippen LogP contribution in [0.2, 0.25) is 5.02 Å². The van der Waals surface area contributed by atoms with Gasteiger partial charge >= 0.3 is 0 Å². The zero-order chi connectivity index (χ0) is 10.1. The number of hydrogen-bond acceptors (Lipinski definition) is 2. The average Bonchev–Trinajstić information content (AvgIpc) is 2.16. The molecule has 14 heavy (non-hydrogen) atoms. The topological polar surface area (TPSA) is 41.1 Å². The molecule has 0 saturated heterocycles. The second kappa shape index (κ2) is 3.59. The molecule has 2 rings (SSSR count). The number of likely N-dealkylation sites (N-methyl/N-ethyl adjacent to an activating group) is 1. The van der Waals surface area contributed by atoms with E-state index in [0.717, 1.165) is 17.7 Å². The third kappa shape index (κ3) is 1.61. The molecule has 1 heterocycles. The van der Waals surface area contributed by atoms with Crippen LogP contribution in [0.1, 0.15) is 5.56 Å². The van der Waals surface area contributed by atoms with Crippen molar-refractivity contribution in [2.45, 2.75) is 12.5 Å². The number of carbonyl (C=O) groups excluding carboxylic acids is 1. The fourth-order valence-electron chi connectivity index (χ4n) is 1.61. The van der Waals surface area contributed by atoms with E-state index in [4.69, 9.17) is 11.6 Å². The van der Waals surface area contributed by atoms with E-state index in [9.17, 15) is 4.79 Å². The maximum Gasteiger partial charge on any atom is 0.241 e. The summed E-state index contributed by atoms with van der Waals surface area (Å²) in [7, 11) is 1.78. The zero-order valence-electron chi connectivity index (χ0n) is 7.80. The first-order chi connectivity index (χ1) is 6.70. The van der Waals surface area contributed by atoms with E-state index in [-0.39, 0.29) is 11.9 Å². The molecule has 1 aromatic carbocycles. The van der Waals surface area contributed by atoms with Crippen LogP contribution >= 0.6 is 11.6 Å². The quantitative estimate of drug-likeness (QED) is 0.736. The molecule has 1 amide bonds. The minimum atomic E-state index is -0.135. The molecule has 3 nitrogen and oxygen atoms in total. The molecule has 74 valence electrons. The van der Waals surface area contributed by atoms with E-state index >= 15 is 0 Å². The van der Waals surface area contributed by atoms with Crippen molar-refractivity contribution in [1.82, 2.24) is 5.32 Å². The summed E-state index contributed by atoms with van der Waals surface area (Å²) in [5, 5.41) is 6.43. The standard InChI is InChI=1S/C10H11ClN2O/c1-12-9-4-6-2-3-7(11)5-8(6)13-10(9)14/h2-3,5,9,12H,4H2,1H3,(H,13,14). The van der Waals surface area contributed by atoms with Crippen molar-refractivity contribution in [2.75, 3.05) is 12.4 Å². The van der Waals surface area contributed by atoms with Gasteiger partial charge in [0.25, 0.3) is 0 Å². The van der Waals surface area contributed by atoms with E-state index in [1.165, 1.54) is 0 Å². The van der Waals surface area contributed by atoms with Gasteiger partial charge in [-0.1, -0.05) is 17.7 Å². The normalized spacial score (nSPS) is 20.1. The minimum absolute atomic E-state index is 0.00210. The molecule has 0 spiro atoms. The van der Waals surface area contributed by atoms with E-state index in [2.05, 4.69) is 10.6 Å². The molecule has 0 fully saturated rings. The van der Waals surface area contributed by atoms with Crippen LogP contribution in [0.3, 0.4) is 0 Å². The van der Waals surface area contributed by atoms with Gasteiger partial charge in [0.2, 0.25) is 5.91 Å². The van der Waals surface area contributed by atoms with E-state index in [0.29, 0.717) is 5.02 Å². The number of anilines is 1. The molecule has 1 aromatic rings. The van der Waals surface area contributed by atoms with Crippen LogP contribution in [-0.2, 0) is 11.2 Å². The summed E-state index contributed by atoms with van der Waals surface area (Å²) in [6.07, 6.45) is 0.717. The highest BCUT2D eigenvalue weighted by molar-refractivity contribution is 6.31. The number of carbonyl (C=O) groups is 1. The summed E-state index contributed by atoms with van der Waals surface area (Å²) in [5.41, 5.74) is 1.95. The lowest BCUT2D eigenvalue weighted by atomic mass is 9.99. The lowest BCUT2D eigenvalue weighted by Crippen LogP contribution is -2.43. The number of halogens is 1. The Kier molecular flexibility index (Phi) is 2.44. The van der Waals surface area contributed by atoms with Gasteiger partial charge in [-0.2, -0.15) is 0 Å². The predicted octanol–water partition coefficient (Wildman–Crippen LogP) is 1.42. The molecule has 1 atom stereocenters. The maximum atomic E-state index is 11.5. The molecule has 4 heteroatoms. The van der Waals surface area contributed by atoms with E-state index < -0.39 is 0 Å². The van der Waals surface area contributed by atoms with Gasteiger partial charge in [0.05, 0.1) is 6.04 Å². The van der Waals surface area contributed by atoms with Crippen LogP contribution in [0.15, 0.2) is 18.2 Å². The lowest BCUT2D eigenvalue weighted by molar-refractivity contribution is -0.118. The Morgan fingerprint density at radius 2 is 2.36 bits per heavy atom. The fourth-order valence-corrected chi connectivity index (χ4v) is 1.78. The van der Waals surface area contributed by atoms with E-state index in [1.54, 1.807) is 13.1 Å². The molecule has 0 bridgehead atoms. The van der Waals surface area contributed by atoms with Crippen molar-refractivity contribution in [3.63, 3.8) is 0 Å². The summed E-state index contributed by atoms with van der Waals surface area (Å²) >= 11 is 5.83. The Hall–Kier alpha value is -1.06. The number of hydrogen-bond donors (Lipinski definition) is 2. The lowest BCUT2D eigenvalue weighted by Gasteiger charge is -2.24. The Labute approximate surface area is 87.4 Å². The Balaban J connectivity index is 2.35. The third-order valence-corrected chi connectivity index (χ3v) is 2.65. The second-order valence-corrected chi connectivity index (χ2v) is 3.77. The first kappa shape index (κ1) is 9.49.